The van der Waals surface area contributed by atoms with Gasteiger partial charge in [-0.05, 0) is 13.3 Å². The van der Waals surface area contributed by atoms with Crippen molar-refractivity contribution in [3.05, 3.63) is 0 Å². The highest BCUT2D eigenvalue weighted by atomic mass is 16.4. The monoisotopic (exact) mass is 246 g/mol. The Labute approximate surface area is 99.0 Å². The molecule has 4 N–H and O–H groups in total. The number of carboxylic acids is 1. The van der Waals surface area contributed by atoms with Gasteiger partial charge < -0.3 is 25.5 Å². The number of carbonyl (C=O) groups is 2. The Hall–Kier alpha value is -1.34. The first-order chi connectivity index (χ1) is 7.95. The van der Waals surface area contributed by atoms with Crippen LogP contribution < -0.4 is 5.32 Å². The molecule has 0 radical (unpaired) electrons. The van der Waals surface area contributed by atoms with Gasteiger partial charge in [-0.15, -0.1) is 0 Å². The average molecular weight is 246 g/mol. The van der Waals surface area contributed by atoms with Crippen molar-refractivity contribution >= 4 is 12.0 Å². The lowest BCUT2D eigenvalue weighted by Crippen LogP contribution is -2.51. The minimum atomic E-state index is -1.31. The van der Waals surface area contributed by atoms with Crippen LogP contribution in [0.25, 0.3) is 0 Å². The first-order valence-electron chi connectivity index (χ1n) is 5.53. The highest BCUT2D eigenvalue weighted by Gasteiger charge is 2.30. The molecule has 7 nitrogen and oxygen atoms in total. The van der Waals surface area contributed by atoms with E-state index in [1.165, 1.54) is 11.8 Å². The normalized spacial score (nSPS) is 23.2. The first kappa shape index (κ1) is 13.7. The van der Waals surface area contributed by atoms with E-state index in [0.717, 1.165) is 0 Å². The van der Waals surface area contributed by atoms with Crippen molar-refractivity contribution in [2.75, 3.05) is 19.7 Å². The molecule has 98 valence electrons. The summed E-state index contributed by atoms with van der Waals surface area (Å²) >= 11 is 0. The molecule has 1 heterocycles. The minimum absolute atomic E-state index is 0.0164. The molecular weight excluding hydrogens is 228 g/mol. The van der Waals surface area contributed by atoms with Crippen molar-refractivity contribution in [2.24, 2.45) is 5.92 Å². The molecule has 3 atom stereocenters. The second-order valence-corrected chi connectivity index (χ2v) is 4.29. The Bertz CT molecular complexity index is 294. The maximum Gasteiger partial charge on any atom is 0.328 e. The van der Waals surface area contributed by atoms with Crippen molar-refractivity contribution in [2.45, 2.75) is 25.5 Å². The second-order valence-electron chi connectivity index (χ2n) is 4.29. The Morgan fingerprint density at radius 1 is 1.53 bits per heavy atom. The van der Waals surface area contributed by atoms with Gasteiger partial charge in [0, 0.05) is 25.6 Å². The van der Waals surface area contributed by atoms with Gasteiger partial charge in [-0.25, -0.2) is 9.59 Å². The van der Waals surface area contributed by atoms with Crippen molar-refractivity contribution in [1.29, 1.82) is 0 Å². The van der Waals surface area contributed by atoms with Crippen LogP contribution in [0.5, 0.6) is 0 Å². The summed E-state index contributed by atoms with van der Waals surface area (Å²) in [6.45, 7) is 2.22. The molecule has 1 fully saturated rings. The fraction of sp³-hybridized carbons (Fsp3) is 0.800. The van der Waals surface area contributed by atoms with Crippen LogP contribution in [0.1, 0.15) is 13.3 Å². The van der Waals surface area contributed by atoms with Gasteiger partial charge in [-0.2, -0.15) is 0 Å². The smallest absolute Gasteiger partial charge is 0.328 e. The molecule has 0 bridgehead atoms. The molecule has 0 spiro atoms. The molecule has 1 unspecified atom stereocenters. The molecule has 0 aromatic rings. The summed E-state index contributed by atoms with van der Waals surface area (Å²) in [7, 11) is 0. The molecule has 0 aliphatic carbocycles. The quantitative estimate of drug-likeness (QED) is 0.500. The summed E-state index contributed by atoms with van der Waals surface area (Å²) in [4.78, 5) is 23.9. The summed E-state index contributed by atoms with van der Waals surface area (Å²) in [6, 6.07) is -1.83. The summed E-state index contributed by atoms with van der Waals surface area (Å²) < 4.78 is 0. The lowest BCUT2D eigenvalue weighted by molar-refractivity contribution is -0.141. The van der Waals surface area contributed by atoms with E-state index in [2.05, 4.69) is 5.32 Å². The fourth-order valence-electron chi connectivity index (χ4n) is 1.78. The summed E-state index contributed by atoms with van der Waals surface area (Å²) in [6.07, 6.45) is -0.455. The van der Waals surface area contributed by atoms with Gasteiger partial charge in [0.15, 0.2) is 6.04 Å². The molecule has 0 saturated carbocycles. The number of nitrogens with zero attached hydrogens (tertiary/aromatic N) is 1. The molecule has 2 amide bonds. The number of nitrogens with one attached hydrogen (secondary N) is 1. The van der Waals surface area contributed by atoms with Crippen LogP contribution in [0.4, 0.5) is 4.79 Å². The van der Waals surface area contributed by atoms with Gasteiger partial charge in [0.05, 0.1) is 6.10 Å². The van der Waals surface area contributed by atoms with Crippen LogP contribution in [0, 0.1) is 5.92 Å². The first-order valence-corrected chi connectivity index (χ1v) is 5.53. The van der Waals surface area contributed by atoms with Crippen LogP contribution in [-0.2, 0) is 4.79 Å². The summed E-state index contributed by atoms with van der Waals surface area (Å²) in [5.74, 6) is -1.22. The number of amides is 2. The maximum absolute atomic E-state index is 11.7. The third-order valence-electron chi connectivity index (χ3n) is 2.86. The highest BCUT2D eigenvalue weighted by molar-refractivity contribution is 5.83. The molecular formula is C10H18N2O5. The van der Waals surface area contributed by atoms with E-state index in [0.29, 0.717) is 19.5 Å². The zero-order valence-electron chi connectivity index (χ0n) is 9.67. The molecule has 0 aromatic heterocycles. The van der Waals surface area contributed by atoms with Crippen molar-refractivity contribution in [3.63, 3.8) is 0 Å². The average Bonchev–Trinajstić information content (AvgIpc) is 2.73. The number of urea groups is 1. The van der Waals surface area contributed by atoms with Gasteiger partial charge >= 0.3 is 12.0 Å². The van der Waals surface area contributed by atoms with Gasteiger partial charge in [0.1, 0.15) is 0 Å². The van der Waals surface area contributed by atoms with Gasteiger partial charge in [-0.1, -0.05) is 0 Å². The van der Waals surface area contributed by atoms with Gasteiger partial charge in [0.25, 0.3) is 0 Å². The number of carbonyl (C=O) groups excluding carboxylic acids is 1. The number of hydrogen-bond acceptors (Lipinski definition) is 4. The minimum Gasteiger partial charge on any atom is -0.480 e. The summed E-state index contributed by atoms with van der Waals surface area (Å²) in [5.41, 5.74) is 0. The topological polar surface area (TPSA) is 110 Å². The lowest BCUT2D eigenvalue weighted by atomic mass is 10.1. The van der Waals surface area contributed by atoms with Crippen LogP contribution in [0.3, 0.4) is 0 Å². The van der Waals surface area contributed by atoms with Gasteiger partial charge in [0.2, 0.25) is 0 Å². The van der Waals surface area contributed by atoms with Gasteiger partial charge in [-0.3, -0.25) is 0 Å². The number of likely N-dealkylation sites (tertiary alicyclic amines) is 1. The van der Waals surface area contributed by atoms with E-state index in [-0.39, 0.29) is 12.5 Å². The number of aliphatic hydroxyl groups is 2. The Morgan fingerprint density at radius 3 is 2.59 bits per heavy atom. The van der Waals surface area contributed by atoms with Crippen molar-refractivity contribution in [1.82, 2.24) is 10.2 Å². The standard InChI is InChI=1S/C10H18N2O5/c1-6(14)8(9(15)16)11-10(17)12-3-2-7(4-12)5-13/h6-8,13-14H,2-5H2,1H3,(H,11,17)(H,15,16)/t6-,7?,8+/m1/s1. The van der Waals surface area contributed by atoms with E-state index >= 15 is 0 Å². The zero-order valence-corrected chi connectivity index (χ0v) is 9.67. The Balaban J connectivity index is 2.51. The van der Waals surface area contributed by atoms with E-state index < -0.39 is 24.1 Å². The lowest BCUT2D eigenvalue weighted by Gasteiger charge is -2.22. The number of carboxylic acid groups (broad SMARTS) is 1. The summed E-state index contributed by atoms with van der Waals surface area (Å²) in [5, 5.41) is 29.2. The molecule has 1 rings (SSSR count). The molecule has 7 heteroatoms. The molecule has 1 saturated heterocycles. The number of hydrogen-bond donors (Lipinski definition) is 4. The second kappa shape index (κ2) is 5.83. The van der Waals surface area contributed by atoms with Crippen LogP contribution in [0.15, 0.2) is 0 Å². The van der Waals surface area contributed by atoms with E-state index in [9.17, 15) is 14.7 Å². The predicted octanol–water partition coefficient (Wildman–Crippen LogP) is -1.16. The van der Waals surface area contributed by atoms with E-state index in [1.54, 1.807) is 0 Å². The molecule has 1 aliphatic rings. The maximum atomic E-state index is 11.7. The SMILES string of the molecule is C[C@@H](O)[C@H](NC(=O)N1CCC(CO)C1)C(=O)O. The van der Waals surface area contributed by atoms with Crippen LogP contribution in [0.2, 0.25) is 0 Å². The fourth-order valence-corrected chi connectivity index (χ4v) is 1.78. The number of aliphatic carboxylic acids is 1. The third-order valence-corrected chi connectivity index (χ3v) is 2.86. The van der Waals surface area contributed by atoms with E-state index in [4.69, 9.17) is 10.2 Å². The largest absolute Gasteiger partial charge is 0.480 e. The Morgan fingerprint density at radius 2 is 2.18 bits per heavy atom. The molecule has 17 heavy (non-hydrogen) atoms. The van der Waals surface area contributed by atoms with Crippen LogP contribution >= 0.6 is 0 Å². The highest BCUT2D eigenvalue weighted by Crippen LogP contribution is 2.15. The van der Waals surface area contributed by atoms with Crippen LogP contribution in [-0.4, -0.2) is 64.1 Å². The predicted molar refractivity (Wildman–Crippen MR) is 58.4 cm³/mol. The molecule has 1 aliphatic heterocycles. The van der Waals surface area contributed by atoms with Crippen molar-refractivity contribution < 1.29 is 24.9 Å². The zero-order chi connectivity index (χ0) is 13.0. The molecule has 0 aromatic carbocycles. The van der Waals surface area contributed by atoms with Crippen molar-refractivity contribution in [3.8, 4) is 0 Å². The number of aliphatic hydroxyl groups excluding tert-OH is 2. The third kappa shape index (κ3) is 3.57. The van der Waals surface area contributed by atoms with E-state index in [1.807, 2.05) is 0 Å². The number of rotatable bonds is 4. The Kier molecular flexibility index (Phi) is 4.71.